The lowest BCUT2D eigenvalue weighted by atomic mass is 10.0. The Morgan fingerprint density at radius 1 is 0.960 bits per heavy atom. The molecule has 132 valence electrons. The lowest BCUT2D eigenvalue weighted by molar-refractivity contribution is -0.156. The van der Waals surface area contributed by atoms with Crippen LogP contribution >= 0.6 is 23.2 Å². The second-order valence-corrected chi connectivity index (χ2v) is 6.08. The Morgan fingerprint density at radius 3 is 1.84 bits per heavy atom. The predicted octanol–water partition coefficient (Wildman–Crippen LogP) is 5.10. The van der Waals surface area contributed by atoms with Crippen molar-refractivity contribution in [3.63, 3.8) is 0 Å². The van der Waals surface area contributed by atoms with E-state index in [2.05, 4.69) is 5.16 Å². The smallest absolute Gasteiger partial charge is 0.350 e. The molecule has 25 heavy (non-hydrogen) atoms. The Labute approximate surface area is 157 Å². The number of halogens is 2. The molecule has 0 saturated heterocycles. The summed E-state index contributed by atoms with van der Waals surface area (Å²) in [6.07, 6.45) is -0.300. The minimum atomic E-state index is -0.755. The second-order valence-electron chi connectivity index (χ2n) is 5.21. The van der Waals surface area contributed by atoms with Crippen molar-refractivity contribution in [3.8, 4) is 0 Å². The van der Waals surface area contributed by atoms with Gasteiger partial charge in [-0.2, -0.15) is 0 Å². The molecular formula is C19H19Cl2NO3. The van der Waals surface area contributed by atoms with Crippen LogP contribution in [0.1, 0.15) is 31.4 Å². The molecule has 2 rings (SSSR count). The summed E-state index contributed by atoms with van der Waals surface area (Å²) in [5.74, 6) is -0.430. The summed E-state index contributed by atoms with van der Waals surface area (Å²) in [6, 6.07) is 14.4. The highest BCUT2D eigenvalue weighted by Gasteiger charge is 2.20. The van der Waals surface area contributed by atoms with Crippen LogP contribution < -0.4 is 0 Å². The van der Waals surface area contributed by atoms with E-state index in [0.29, 0.717) is 28.8 Å². The van der Waals surface area contributed by atoms with Gasteiger partial charge in [-0.15, -0.1) is 0 Å². The van der Waals surface area contributed by atoms with Crippen LogP contribution in [-0.2, 0) is 14.4 Å². The van der Waals surface area contributed by atoms with Gasteiger partial charge < -0.3 is 9.57 Å². The number of ether oxygens (including phenoxy) is 1. The van der Waals surface area contributed by atoms with Crippen molar-refractivity contribution >= 4 is 34.9 Å². The molecule has 0 radical (unpaired) electrons. The summed E-state index contributed by atoms with van der Waals surface area (Å²) in [7, 11) is 0. The second kappa shape index (κ2) is 9.44. The van der Waals surface area contributed by atoms with Gasteiger partial charge in [-0.1, -0.05) is 59.5 Å². The van der Waals surface area contributed by atoms with Crippen LogP contribution in [0.2, 0.25) is 10.0 Å². The topological polar surface area (TPSA) is 47.9 Å². The van der Waals surface area contributed by atoms with Gasteiger partial charge in [-0.3, -0.25) is 0 Å². The van der Waals surface area contributed by atoms with Crippen LogP contribution in [0.25, 0.3) is 0 Å². The van der Waals surface area contributed by atoms with Crippen molar-refractivity contribution in [2.75, 3.05) is 6.61 Å². The minimum absolute atomic E-state index is 0.295. The zero-order valence-electron chi connectivity index (χ0n) is 14.0. The fraction of sp³-hybridized carbons (Fsp3) is 0.263. The van der Waals surface area contributed by atoms with Crippen LogP contribution in [0.5, 0.6) is 0 Å². The standard InChI is InChI=1S/C19H19Cl2NO3/c1-3-17(19(23)24-4-2)25-22-18(13-5-9-15(20)10-6-13)14-7-11-16(21)12-8-14/h5-12,17H,3-4H2,1-2H3. The Balaban J connectivity index is 2.35. The maximum atomic E-state index is 11.9. The first-order valence-corrected chi connectivity index (χ1v) is 8.73. The zero-order chi connectivity index (χ0) is 18.2. The van der Waals surface area contributed by atoms with Crippen LogP contribution in [0.3, 0.4) is 0 Å². The van der Waals surface area contributed by atoms with E-state index in [4.69, 9.17) is 32.8 Å². The summed E-state index contributed by atoms with van der Waals surface area (Å²) >= 11 is 11.9. The van der Waals surface area contributed by atoms with Gasteiger partial charge >= 0.3 is 5.97 Å². The zero-order valence-corrected chi connectivity index (χ0v) is 15.6. The van der Waals surface area contributed by atoms with Crippen molar-refractivity contribution in [2.45, 2.75) is 26.4 Å². The largest absolute Gasteiger partial charge is 0.463 e. The fourth-order valence-electron chi connectivity index (χ4n) is 2.12. The van der Waals surface area contributed by atoms with E-state index in [0.717, 1.165) is 11.1 Å². The maximum absolute atomic E-state index is 11.9. The number of rotatable bonds is 7. The number of oxime groups is 1. The first kappa shape index (κ1) is 19.3. The van der Waals surface area contributed by atoms with Gasteiger partial charge in [0.1, 0.15) is 5.71 Å². The molecular weight excluding hydrogens is 361 g/mol. The number of hydrogen-bond donors (Lipinski definition) is 0. The van der Waals surface area contributed by atoms with Crippen molar-refractivity contribution in [1.29, 1.82) is 0 Å². The predicted molar refractivity (Wildman–Crippen MR) is 100 cm³/mol. The normalized spacial score (nSPS) is 11.5. The highest BCUT2D eigenvalue weighted by molar-refractivity contribution is 6.31. The van der Waals surface area contributed by atoms with Crippen LogP contribution in [-0.4, -0.2) is 24.4 Å². The van der Waals surface area contributed by atoms with E-state index in [1.807, 2.05) is 31.2 Å². The summed E-state index contributed by atoms with van der Waals surface area (Å²) in [5.41, 5.74) is 2.20. The van der Waals surface area contributed by atoms with Crippen LogP contribution in [0.4, 0.5) is 0 Å². The Hall–Kier alpha value is -2.04. The van der Waals surface area contributed by atoms with Gasteiger partial charge in [0.2, 0.25) is 6.10 Å². The molecule has 0 aromatic heterocycles. The SMILES string of the molecule is CCOC(=O)C(CC)ON=C(c1ccc(Cl)cc1)c1ccc(Cl)cc1. The molecule has 0 bridgehead atoms. The van der Waals surface area contributed by atoms with E-state index in [9.17, 15) is 4.79 Å². The first-order chi connectivity index (χ1) is 12.0. The van der Waals surface area contributed by atoms with Crippen LogP contribution in [0, 0.1) is 0 Å². The third-order valence-electron chi connectivity index (χ3n) is 3.43. The summed E-state index contributed by atoms with van der Waals surface area (Å²) in [4.78, 5) is 17.4. The molecule has 2 aromatic carbocycles. The molecule has 6 heteroatoms. The Morgan fingerprint density at radius 2 is 1.44 bits per heavy atom. The summed E-state index contributed by atoms with van der Waals surface area (Å²) in [6.45, 7) is 3.88. The average molecular weight is 380 g/mol. The lowest BCUT2D eigenvalue weighted by Gasteiger charge is -2.13. The number of nitrogens with zero attached hydrogens (tertiary/aromatic N) is 1. The van der Waals surface area contributed by atoms with Gasteiger partial charge in [0.25, 0.3) is 0 Å². The van der Waals surface area contributed by atoms with Crippen molar-refractivity contribution in [2.24, 2.45) is 5.16 Å². The molecule has 0 spiro atoms. The first-order valence-electron chi connectivity index (χ1n) is 7.97. The molecule has 0 aliphatic heterocycles. The molecule has 1 unspecified atom stereocenters. The number of hydrogen-bond acceptors (Lipinski definition) is 4. The summed E-state index contributed by atoms with van der Waals surface area (Å²) < 4.78 is 5.00. The van der Waals surface area contributed by atoms with Crippen molar-refractivity contribution in [3.05, 3.63) is 69.7 Å². The molecule has 0 saturated carbocycles. The Bertz CT molecular complexity index is 680. The maximum Gasteiger partial charge on any atom is 0.350 e. The Kier molecular flexibility index (Phi) is 7.29. The van der Waals surface area contributed by atoms with Gasteiger partial charge in [0.15, 0.2) is 0 Å². The number of esters is 1. The molecule has 0 heterocycles. The minimum Gasteiger partial charge on any atom is -0.463 e. The van der Waals surface area contributed by atoms with Gasteiger partial charge in [-0.05, 0) is 37.6 Å². The van der Waals surface area contributed by atoms with E-state index in [-0.39, 0.29) is 0 Å². The van der Waals surface area contributed by atoms with Gasteiger partial charge in [-0.25, -0.2) is 4.79 Å². The van der Waals surface area contributed by atoms with E-state index in [1.165, 1.54) is 0 Å². The van der Waals surface area contributed by atoms with Crippen molar-refractivity contribution < 1.29 is 14.4 Å². The van der Waals surface area contributed by atoms with Gasteiger partial charge in [0, 0.05) is 21.2 Å². The molecule has 4 nitrogen and oxygen atoms in total. The van der Waals surface area contributed by atoms with E-state index < -0.39 is 12.1 Å². The molecule has 1 atom stereocenters. The van der Waals surface area contributed by atoms with E-state index >= 15 is 0 Å². The number of carbonyl (C=O) groups is 1. The third-order valence-corrected chi connectivity index (χ3v) is 3.93. The molecule has 0 fully saturated rings. The third kappa shape index (κ3) is 5.48. The fourth-order valence-corrected chi connectivity index (χ4v) is 2.38. The van der Waals surface area contributed by atoms with Crippen LogP contribution in [0.15, 0.2) is 53.7 Å². The van der Waals surface area contributed by atoms with Crippen molar-refractivity contribution in [1.82, 2.24) is 0 Å². The molecule has 0 N–H and O–H groups in total. The molecule has 2 aromatic rings. The monoisotopic (exact) mass is 379 g/mol. The molecule has 0 amide bonds. The number of benzene rings is 2. The van der Waals surface area contributed by atoms with E-state index in [1.54, 1.807) is 31.2 Å². The molecule has 0 aliphatic rings. The van der Waals surface area contributed by atoms with Gasteiger partial charge in [0.05, 0.1) is 6.61 Å². The summed E-state index contributed by atoms with van der Waals surface area (Å²) in [5, 5.41) is 5.47. The quantitative estimate of drug-likeness (QED) is 0.381. The lowest BCUT2D eigenvalue weighted by Crippen LogP contribution is -2.24. The molecule has 0 aliphatic carbocycles. The average Bonchev–Trinajstić information content (AvgIpc) is 2.61. The highest BCUT2D eigenvalue weighted by atomic mass is 35.5. The number of carbonyl (C=O) groups excluding carboxylic acids is 1. The highest BCUT2D eigenvalue weighted by Crippen LogP contribution is 2.18.